The molecule has 1 aliphatic heterocycles. The molecular weight excluding hydrogens is 330 g/mol. The topological polar surface area (TPSA) is 81.6 Å². The van der Waals surface area contributed by atoms with Gasteiger partial charge in [0.1, 0.15) is 6.10 Å². The van der Waals surface area contributed by atoms with Gasteiger partial charge in [0.2, 0.25) is 10.0 Å². The first-order valence-electron chi connectivity index (χ1n) is 8.61. The summed E-state index contributed by atoms with van der Waals surface area (Å²) < 4.78 is 37.9. The molecule has 1 aromatic heterocycles. The average Bonchev–Trinajstić information content (AvgIpc) is 2.63. The first-order chi connectivity index (χ1) is 11.6. The summed E-state index contributed by atoms with van der Waals surface area (Å²) in [5.74, 6) is 0.579. The zero-order valence-corrected chi connectivity index (χ0v) is 14.9. The number of hydrogen-bond acceptors (Lipinski definition) is 6. The third-order valence-electron chi connectivity index (χ3n) is 4.85. The van der Waals surface area contributed by atoms with Gasteiger partial charge < -0.3 is 9.47 Å². The van der Waals surface area contributed by atoms with E-state index in [0.717, 1.165) is 32.1 Å². The molecule has 0 radical (unpaired) electrons. The van der Waals surface area contributed by atoms with Crippen LogP contribution in [0.3, 0.4) is 0 Å². The van der Waals surface area contributed by atoms with Gasteiger partial charge in [0.25, 0.3) is 0 Å². The summed E-state index contributed by atoms with van der Waals surface area (Å²) in [6.07, 6.45) is 9.23. The van der Waals surface area contributed by atoms with Crippen molar-refractivity contribution in [2.24, 2.45) is 0 Å². The maximum atomic E-state index is 12.7. The van der Waals surface area contributed by atoms with Crippen molar-refractivity contribution in [2.75, 3.05) is 20.2 Å². The number of methoxy groups -OCH3 is 1. The van der Waals surface area contributed by atoms with Gasteiger partial charge in [-0.1, -0.05) is 19.3 Å². The minimum absolute atomic E-state index is 0.0452. The lowest BCUT2D eigenvalue weighted by Crippen LogP contribution is -2.46. The zero-order chi connectivity index (χ0) is 17.0. The Hall–Kier alpha value is -1.41. The van der Waals surface area contributed by atoms with Crippen LogP contribution in [0.5, 0.6) is 11.8 Å². The molecule has 0 bridgehead atoms. The molecule has 7 nitrogen and oxygen atoms in total. The third kappa shape index (κ3) is 3.97. The molecule has 1 saturated heterocycles. The minimum Gasteiger partial charge on any atom is -0.494 e. The molecule has 1 aromatic rings. The van der Waals surface area contributed by atoms with E-state index in [4.69, 9.17) is 9.47 Å². The average molecular weight is 355 g/mol. The van der Waals surface area contributed by atoms with E-state index in [1.54, 1.807) is 23.8 Å². The van der Waals surface area contributed by atoms with Crippen LogP contribution >= 0.6 is 0 Å². The quantitative estimate of drug-likeness (QED) is 0.803. The number of piperidine rings is 1. The molecule has 0 aromatic carbocycles. The van der Waals surface area contributed by atoms with Crippen LogP contribution in [0.4, 0.5) is 0 Å². The lowest BCUT2D eigenvalue weighted by Gasteiger charge is -2.34. The number of sulfonamides is 1. The maximum absolute atomic E-state index is 12.7. The molecule has 8 heteroatoms. The molecule has 0 atom stereocenters. The van der Waals surface area contributed by atoms with E-state index >= 15 is 0 Å². The maximum Gasteiger partial charge on any atom is 0.316 e. The Labute approximate surface area is 143 Å². The lowest BCUT2D eigenvalue weighted by molar-refractivity contribution is 0.123. The van der Waals surface area contributed by atoms with E-state index < -0.39 is 10.0 Å². The summed E-state index contributed by atoms with van der Waals surface area (Å²) in [6, 6.07) is 0.310. The molecule has 134 valence electrons. The van der Waals surface area contributed by atoms with Crippen molar-refractivity contribution in [3.63, 3.8) is 0 Å². The second kappa shape index (κ2) is 7.65. The van der Waals surface area contributed by atoms with Gasteiger partial charge in [-0.15, -0.1) is 0 Å². The van der Waals surface area contributed by atoms with E-state index in [1.807, 2.05) is 0 Å². The van der Waals surface area contributed by atoms with Crippen LogP contribution in [0.15, 0.2) is 12.4 Å². The van der Waals surface area contributed by atoms with Crippen LogP contribution in [-0.2, 0) is 10.0 Å². The van der Waals surface area contributed by atoms with Crippen LogP contribution in [0.25, 0.3) is 0 Å². The van der Waals surface area contributed by atoms with E-state index in [9.17, 15) is 8.42 Å². The zero-order valence-electron chi connectivity index (χ0n) is 14.1. The van der Waals surface area contributed by atoms with Crippen molar-refractivity contribution in [2.45, 2.75) is 56.3 Å². The Morgan fingerprint density at radius 3 is 2.25 bits per heavy atom. The highest BCUT2D eigenvalue weighted by atomic mass is 32.2. The van der Waals surface area contributed by atoms with Crippen molar-refractivity contribution in [3.05, 3.63) is 12.4 Å². The molecule has 2 aliphatic rings. The Balaban J connectivity index is 1.53. The van der Waals surface area contributed by atoms with Crippen LogP contribution < -0.4 is 9.47 Å². The number of aromatic nitrogens is 2. The summed E-state index contributed by atoms with van der Waals surface area (Å²) >= 11 is 0. The first kappa shape index (κ1) is 17.4. The first-order valence-corrected chi connectivity index (χ1v) is 10.1. The normalized spacial score (nSPS) is 21.5. The van der Waals surface area contributed by atoms with E-state index in [-0.39, 0.29) is 11.4 Å². The Kier molecular flexibility index (Phi) is 5.55. The summed E-state index contributed by atoms with van der Waals surface area (Å²) in [5.41, 5.74) is 0. The molecule has 24 heavy (non-hydrogen) atoms. The molecule has 2 fully saturated rings. The van der Waals surface area contributed by atoms with Crippen molar-refractivity contribution >= 4 is 10.0 Å². The predicted molar refractivity (Wildman–Crippen MR) is 89.6 cm³/mol. The van der Waals surface area contributed by atoms with Crippen molar-refractivity contribution in [3.8, 4) is 11.8 Å². The molecule has 0 spiro atoms. The van der Waals surface area contributed by atoms with E-state index in [0.29, 0.717) is 37.7 Å². The number of ether oxygens (including phenoxy) is 2. The second-order valence-corrected chi connectivity index (χ2v) is 8.64. The monoisotopic (exact) mass is 355 g/mol. The third-order valence-corrected chi connectivity index (χ3v) is 7.25. The van der Waals surface area contributed by atoms with Gasteiger partial charge >= 0.3 is 6.01 Å². The van der Waals surface area contributed by atoms with Crippen LogP contribution in [0, 0.1) is 0 Å². The largest absolute Gasteiger partial charge is 0.494 e. The molecule has 3 rings (SSSR count). The Morgan fingerprint density at radius 1 is 1.04 bits per heavy atom. The Bertz CT molecular complexity index is 621. The lowest BCUT2D eigenvalue weighted by atomic mass is 10.0. The van der Waals surface area contributed by atoms with Crippen molar-refractivity contribution in [1.29, 1.82) is 0 Å². The highest BCUT2D eigenvalue weighted by Crippen LogP contribution is 2.28. The fraction of sp³-hybridized carbons (Fsp3) is 0.750. The van der Waals surface area contributed by atoms with Crippen molar-refractivity contribution in [1.82, 2.24) is 14.3 Å². The van der Waals surface area contributed by atoms with E-state index in [2.05, 4.69) is 9.97 Å². The SMILES string of the molecule is COc1cnc(OC2CCN(S(=O)(=O)C3CCCCC3)CC2)nc1. The van der Waals surface area contributed by atoms with Crippen molar-refractivity contribution < 1.29 is 17.9 Å². The second-order valence-electron chi connectivity index (χ2n) is 6.43. The molecule has 2 heterocycles. The van der Waals surface area contributed by atoms with Gasteiger partial charge in [0, 0.05) is 13.1 Å². The smallest absolute Gasteiger partial charge is 0.316 e. The fourth-order valence-corrected chi connectivity index (χ4v) is 5.47. The minimum atomic E-state index is -3.16. The highest BCUT2D eigenvalue weighted by molar-refractivity contribution is 7.89. The number of nitrogens with zero attached hydrogens (tertiary/aromatic N) is 3. The molecule has 1 saturated carbocycles. The predicted octanol–water partition coefficient (Wildman–Crippen LogP) is 1.99. The fourth-order valence-electron chi connectivity index (χ4n) is 3.40. The van der Waals surface area contributed by atoms with E-state index in [1.165, 1.54) is 0 Å². The summed E-state index contributed by atoms with van der Waals surface area (Å²) in [4.78, 5) is 8.19. The number of rotatable bonds is 5. The standard InChI is InChI=1S/C16H25N3O4S/c1-22-14-11-17-16(18-12-14)23-13-7-9-19(10-8-13)24(20,21)15-5-3-2-4-6-15/h11-13,15H,2-10H2,1H3. The van der Waals surface area contributed by atoms with Gasteiger partial charge in [0.15, 0.2) is 5.75 Å². The van der Waals surface area contributed by atoms with Crippen LogP contribution in [-0.4, -0.2) is 54.2 Å². The molecular formula is C16H25N3O4S. The van der Waals surface area contributed by atoms with Gasteiger partial charge in [-0.2, -0.15) is 9.97 Å². The van der Waals surface area contributed by atoms with Gasteiger partial charge in [-0.05, 0) is 25.7 Å². The van der Waals surface area contributed by atoms with Gasteiger partial charge in [0.05, 0.1) is 24.8 Å². The highest BCUT2D eigenvalue weighted by Gasteiger charge is 2.35. The Morgan fingerprint density at radius 2 is 1.67 bits per heavy atom. The van der Waals surface area contributed by atoms with Crippen LogP contribution in [0.2, 0.25) is 0 Å². The van der Waals surface area contributed by atoms with Gasteiger partial charge in [-0.25, -0.2) is 12.7 Å². The van der Waals surface area contributed by atoms with Crippen LogP contribution in [0.1, 0.15) is 44.9 Å². The summed E-state index contributed by atoms with van der Waals surface area (Å²) in [6.45, 7) is 1.03. The molecule has 1 aliphatic carbocycles. The summed E-state index contributed by atoms with van der Waals surface area (Å²) in [5, 5.41) is -0.186. The molecule has 0 N–H and O–H groups in total. The molecule has 0 amide bonds. The number of hydrogen-bond donors (Lipinski definition) is 0. The van der Waals surface area contributed by atoms with Gasteiger partial charge in [-0.3, -0.25) is 0 Å². The summed E-state index contributed by atoms with van der Waals surface area (Å²) in [7, 11) is -1.60. The molecule has 0 unspecified atom stereocenters.